The average molecular weight is 391 g/mol. The van der Waals surface area contributed by atoms with Gasteiger partial charge >= 0.3 is 0 Å². The number of carbonyl (C=O) groups is 2. The van der Waals surface area contributed by atoms with Crippen LogP contribution in [0.3, 0.4) is 0 Å². The van der Waals surface area contributed by atoms with Gasteiger partial charge in [0.2, 0.25) is 0 Å². The summed E-state index contributed by atoms with van der Waals surface area (Å²) in [6.45, 7) is 5.70. The molecular weight excluding hydrogens is 364 g/mol. The first-order valence-corrected chi connectivity index (χ1v) is 8.67. The number of hydrogen-bond donors (Lipinski definition) is 1. The Morgan fingerprint density at radius 2 is 1.85 bits per heavy atom. The molecule has 0 saturated heterocycles. The second-order valence-electron chi connectivity index (χ2n) is 7.10. The van der Waals surface area contributed by atoms with Gasteiger partial charge in [-0.2, -0.15) is 0 Å². The third-order valence-corrected chi connectivity index (χ3v) is 3.81. The Morgan fingerprint density at radius 1 is 1.15 bits per heavy atom. The summed E-state index contributed by atoms with van der Waals surface area (Å²) in [4.78, 5) is 28.8. The van der Waals surface area contributed by atoms with Crippen LogP contribution in [0.15, 0.2) is 36.5 Å². The number of Topliss-reactive ketones (excluding diaryl/α,β-unsaturated/α-hetero) is 1. The number of amides is 1. The van der Waals surface area contributed by atoms with Gasteiger partial charge in [0.25, 0.3) is 5.91 Å². The molecular formula is C21H27ClN2O3. The number of nitrogens with one attached hydrogen (secondary N) is 1. The van der Waals surface area contributed by atoms with E-state index in [2.05, 4.69) is 10.3 Å². The SMILES string of the molecule is C.COc1ccc(Cl)cc1CC(=O)Cc1ccnc(C(=O)NC(C)(C)C)c1. The minimum absolute atomic E-state index is 0. The van der Waals surface area contributed by atoms with Gasteiger partial charge in [-0.1, -0.05) is 19.0 Å². The highest BCUT2D eigenvalue weighted by molar-refractivity contribution is 6.30. The van der Waals surface area contributed by atoms with Crippen LogP contribution in [0.4, 0.5) is 0 Å². The van der Waals surface area contributed by atoms with Crippen molar-refractivity contribution in [2.45, 2.75) is 46.6 Å². The normalized spacial score (nSPS) is 10.7. The van der Waals surface area contributed by atoms with Crippen molar-refractivity contribution < 1.29 is 14.3 Å². The largest absolute Gasteiger partial charge is 0.496 e. The molecule has 2 rings (SSSR count). The number of hydrogen-bond acceptors (Lipinski definition) is 4. The van der Waals surface area contributed by atoms with Gasteiger partial charge in [0.05, 0.1) is 7.11 Å². The monoisotopic (exact) mass is 390 g/mol. The Bertz CT molecular complexity index is 813. The molecule has 0 aliphatic heterocycles. The number of nitrogens with zero attached hydrogens (tertiary/aromatic N) is 1. The topological polar surface area (TPSA) is 68.3 Å². The van der Waals surface area contributed by atoms with E-state index in [-0.39, 0.29) is 37.5 Å². The summed E-state index contributed by atoms with van der Waals surface area (Å²) in [5.41, 5.74) is 1.42. The van der Waals surface area contributed by atoms with Crippen molar-refractivity contribution >= 4 is 23.3 Å². The van der Waals surface area contributed by atoms with Crippen LogP contribution in [0.1, 0.15) is 49.8 Å². The minimum atomic E-state index is -0.353. The molecule has 1 heterocycles. The van der Waals surface area contributed by atoms with Crippen molar-refractivity contribution in [3.63, 3.8) is 0 Å². The maximum atomic E-state index is 12.5. The van der Waals surface area contributed by atoms with Gasteiger partial charge in [-0.15, -0.1) is 0 Å². The highest BCUT2D eigenvalue weighted by atomic mass is 35.5. The molecule has 0 aliphatic rings. The number of rotatable bonds is 6. The van der Waals surface area contributed by atoms with E-state index in [1.165, 1.54) is 0 Å². The molecule has 0 fully saturated rings. The second-order valence-corrected chi connectivity index (χ2v) is 7.54. The zero-order chi connectivity index (χ0) is 19.3. The molecule has 0 spiro atoms. The van der Waals surface area contributed by atoms with E-state index in [9.17, 15) is 9.59 Å². The third kappa shape index (κ3) is 7.02. The van der Waals surface area contributed by atoms with Crippen LogP contribution in [0, 0.1) is 0 Å². The molecule has 0 saturated carbocycles. The van der Waals surface area contributed by atoms with Gasteiger partial charge in [0, 0.05) is 35.2 Å². The Hall–Kier alpha value is -2.40. The van der Waals surface area contributed by atoms with Gasteiger partial charge in [0.1, 0.15) is 17.2 Å². The Kier molecular flexibility index (Phi) is 7.98. The standard InChI is InChI=1S/C20H23ClN2O3.CH4/c1-20(2,3)23-19(25)17-10-13(7-8-22-17)9-16(24)12-14-11-15(21)5-6-18(14)26-4;/h5-8,10-11H,9,12H2,1-4H3,(H,23,25);1H4. The smallest absolute Gasteiger partial charge is 0.270 e. The lowest BCUT2D eigenvalue weighted by atomic mass is 10.0. The number of methoxy groups -OCH3 is 1. The number of carbonyl (C=O) groups excluding carboxylic acids is 2. The van der Waals surface area contributed by atoms with Gasteiger partial charge in [-0.3, -0.25) is 14.6 Å². The van der Waals surface area contributed by atoms with Crippen LogP contribution in [0.5, 0.6) is 5.75 Å². The van der Waals surface area contributed by atoms with E-state index in [1.807, 2.05) is 20.8 Å². The summed E-state index contributed by atoms with van der Waals surface area (Å²) in [7, 11) is 1.56. The van der Waals surface area contributed by atoms with Crippen molar-refractivity contribution in [1.82, 2.24) is 10.3 Å². The number of ketones is 1. The highest BCUT2D eigenvalue weighted by Crippen LogP contribution is 2.23. The first kappa shape index (κ1) is 22.6. The fourth-order valence-corrected chi connectivity index (χ4v) is 2.70. The molecule has 1 aromatic heterocycles. The first-order valence-electron chi connectivity index (χ1n) is 8.29. The highest BCUT2D eigenvalue weighted by Gasteiger charge is 2.17. The number of aromatic nitrogens is 1. The first-order chi connectivity index (χ1) is 12.2. The molecule has 0 bridgehead atoms. The van der Waals surface area contributed by atoms with Crippen LogP contribution in [0.25, 0.3) is 0 Å². The molecule has 146 valence electrons. The van der Waals surface area contributed by atoms with E-state index < -0.39 is 0 Å². The lowest BCUT2D eigenvalue weighted by Crippen LogP contribution is -2.40. The fourth-order valence-electron chi connectivity index (χ4n) is 2.50. The zero-order valence-electron chi connectivity index (χ0n) is 15.4. The summed E-state index contributed by atoms with van der Waals surface area (Å²) in [6, 6.07) is 8.58. The number of pyridine rings is 1. The molecule has 0 unspecified atom stereocenters. The number of halogens is 1. The summed E-state index contributed by atoms with van der Waals surface area (Å²) in [6.07, 6.45) is 1.95. The van der Waals surface area contributed by atoms with E-state index in [4.69, 9.17) is 16.3 Å². The van der Waals surface area contributed by atoms with Gasteiger partial charge < -0.3 is 10.1 Å². The Morgan fingerprint density at radius 3 is 2.48 bits per heavy atom. The maximum absolute atomic E-state index is 12.5. The molecule has 2 aromatic rings. The molecule has 1 amide bonds. The van der Waals surface area contributed by atoms with Crippen molar-refractivity contribution in [3.05, 3.63) is 58.4 Å². The quantitative estimate of drug-likeness (QED) is 0.800. The molecule has 0 atom stereocenters. The van der Waals surface area contributed by atoms with E-state index in [0.29, 0.717) is 16.5 Å². The molecule has 27 heavy (non-hydrogen) atoms. The van der Waals surface area contributed by atoms with Gasteiger partial charge in [-0.05, 0) is 56.7 Å². The van der Waals surface area contributed by atoms with Crippen molar-refractivity contribution in [1.29, 1.82) is 0 Å². The maximum Gasteiger partial charge on any atom is 0.270 e. The average Bonchev–Trinajstić information content (AvgIpc) is 2.53. The summed E-state index contributed by atoms with van der Waals surface area (Å²) in [5.74, 6) is 0.366. The third-order valence-electron chi connectivity index (χ3n) is 3.58. The summed E-state index contributed by atoms with van der Waals surface area (Å²) < 4.78 is 5.27. The van der Waals surface area contributed by atoms with Gasteiger partial charge in [-0.25, -0.2) is 0 Å². The molecule has 0 aliphatic carbocycles. The molecule has 5 nitrogen and oxygen atoms in total. The molecule has 6 heteroatoms. The minimum Gasteiger partial charge on any atom is -0.496 e. The van der Waals surface area contributed by atoms with E-state index >= 15 is 0 Å². The summed E-state index contributed by atoms with van der Waals surface area (Å²) >= 11 is 6.01. The van der Waals surface area contributed by atoms with Crippen LogP contribution < -0.4 is 10.1 Å². The van der Waals surface area contributed by atoms with Crippen LogP contribution in [-0.4, -0.2) is 29.3 Å². The lowest BCUT2D eigenvalue weighted by molar-refractivity contribution is -0.117. The predicted molar refractivity (Wildman–Crippen MR) is 109 cm³/mol. The Balaban J connectivity index is 0.00000364. The van der Waals surface area contributed by atoms with E-state index in [1.54, 1.807) is 43.6 Å². The number of ether oxygens (including phenoxy) is 1. The van der Waals surface area contributed by atoms with Crippen LogP contribution >= 0.6 is 11.6 Å². The van der Waals surface area contributed by atoms with E-state index in [0.717, 1.165) is 11.1 Å². The lowest BCUT2D eigenvalue weighted by Gasteiger charge is -2.20. The predicted octanol–water partition coefficient (Wildman–Crippen LogP) is 4.26. The summed E-state index contributed by atoms with van der Waals surface area (Å²) in [5, 5.41) is 3.41. The molecule has 1 aromatic carbocycles. The second kappa shape index (κ2) is 9.51. The molecule has 1 N–H and O–H groups in total. The zero-order valence-corrected chi connectivity index (χ0v) is 16.2. The van der Waals surface area contributed by atoms with Gasteiger partial charge in [0.15, 0.2) is 0 Å². The van der Waals surface area contributed by atoms with Crippen LogP contribution in [0.2, 0.25) is 5.02 Å². The van der Waals surface area contributed by atoms with Crippen LogP contribution in [-0.2, 0) is 17.6 Å². The molecule has 0 radical (unpaired) electrons. The van der Waals surface area contributed by atoms with Crippen molar-refractivity contribution in [2.24, 2.45) is 0 Å². The number of benzene rings is 1. The van der Waals surface area contributed by atoms with Crippen molar-refractivity contribution in [2.75, 3.05) is 7.11 Å². The fraction of sp³-hybridized carbons (Fsp3) is 0.381. The van der Waals surface area contributed by atoms with Crippen molar-refractivity contribution in [3.8, 4) is 5.75 Å². The Labute approximate surface area is 166 Å².